The molecule has 0 aliphatic rings. The fourth-order valence-corrected chi connectivity index (χ4v) is 4.29. The highest BCUT2D eigenvalue weighted by molar-refractivity contribution is 7.99. The van der Waals surface area contributed by atoms with Crippen LogP contribution in [0, 0.1) is 0 Å². The van der Waals surface area contributed by atoms with Crippen molar-refractivity contribution in [2.75, 3.05) is 12.8 Å². The average molecular weight is 448 g/mol. The lowest BCUT2D eigenvalue weighted by molar-refractivity contribution is -0.127. The van der Waals surface area contributed by atoms with E-state index in [0.717, 1.165) is 17.0 Å². The van der Waals surface area contributed by atoms with Crippen LogP contribution in [-0.4, -0.2) is 43.4 Å². The number of carbonyl (C=O) groups is 1. The minimum Gasteiger partial charge on any atom is -0.467 e. The van der Waals surface area contributed by atoms with E-state index in [1.54, 1.807) is 30.6 Å². The van der Waals surface area contributed by atoms with Crippen LogP contribution in [0.4, 0.5) is 0 Å². The second-order valence-corrected chi connectivity index (χ2v) is 8.66. The standard InChI is InChI=1S/C24H25N5O2S/c1-17(2)20-10-4-5-11-21(20)29-23(18-8-6-12-25-14-18)26-27-24(29)32-16-22(30)28(3)15-19-9-7-13-31-19/h4-14,17H,15-16H2,1-3H3. The van der Waals surface area contributed by atoms with Crippen LogP contribution in [0.25, 0.3) is 17.1 Å². The molecule has 4 rings (SSSR count). The molecule has 164 valence electrons. The summed E-state index contributed by atoms with van der Waals surface area (Å²) in [6.07, 6.45) is 5.11. The maximum absolute atomic E-state index is 12.7. The van der Waals surface area contributed by atoms with Crippen LogP contribution in [0.15, 0.2) is 76.8 Å². The van der Waals surface area contributed by atoms with Gasteiger partial charge in [-0.05, 0) is 41.8 Å². The number of thioether (sulfide) groups is 1. The number of nitrogens with zero attached hydrogens (tertiary/aromatic N) is 5. The Morgan fingerprint density at radius 1 is 1.12 bits per heavy atom. The highest BCUT2D eigenvalue weighted by atomic mass is 32.2. The van der Waals surface area contributed by atoms with Gasteiger partial charge in [0, 0.05) is 25.0 Å². The molecule has 0 aliphatic heterocycles. The van der Waals surface area contributed by atoms with Crippen LogP contribution in [-0.2, 0) is 11.3 Å². The summed E-state index contributed by atoms with van der Waals surface area (Å²) < 4.78 is 7.37. The molecule has 7 nitrogen and oxygen atoms in total. The number of pyridine rings is 1. The molecular formula is C24H25N5O2S. The largest absolute Gasteiger partial charge is 0.467 e. The topological polar surface area (TPSA) is 77.0 Å². The maximum Gasteiger partial charge on any atom is 0.233 e. The summed E-state index contributed by atoms with van der Waals surface area (Å²) in [5.74, 6) is 1.99. The van der Waals surface area contributed by atoms with Crippen molar-refractivity contribution in [3.8, 4) is 17.1 Å². The first-order valence-corrected chi connectivity index (χ1v) is 11.4. The summed E-state index contributed by atoms with van der Waals surface area (Å²) in [5, 5.41) is 9.56. The molecule has 0 N–H and O–H groups in total. The minimum absolute atomic E-state index is 0.0129. The molecule has 0 fully saturated rings. The zero-order valence-electron chi connectivity index (χ0n) is 18.3. The molecule has 0 saturated heterocycles. The maximum atomic E-state index is 12.7. The average Bonchev–Trinajstić information content (AvgIpc) is 3.47. The first kappa shape index (κ1) is 21.8. The lowest BCUT2D eigenvalue weighted by Crippen LogP contribution is -2.27. The normalized spacial score (nSPS) is 11.1. The van der Waals surface area contributed by atoms with E-state index in [-0.39, 0.29) is 11.7 Å². The van der Waals surface area contributed by atoms with Gasteiger partial charge in [0.1, 0.15) is 5.76 Å². The summed E-state index contributed by atoms with van der Waals surface area (Å²) in [6.45, 7) is 4.75. The molecule has 32 heavy (non-hydrogen) atoms. The monoisotopic (exact) mass is 447 g/mol. The van der Waals surface area contributed by atoms with E-state index in [4.69, 9.17) is 4.42 Å². The van der Waals surface area contributed by atoms with Crippen molar-refractivity contribution in [3.05, 3.63) is 78.5 Å². The molecule has 3 heterocycles. The lowest BCUT2D eigenvalue weighted by Gasteiger charge is -2.18. The van der Waals surface area contributed by atoms with Gasteiger partial charge in [0.25, 0.3) is 0 Å². The van der Waals surface area contributed by atoms with Gasteiger partial charge in [-0.15, -0.1) is 10.2 Å². The van der Waals surface area contributed by atoms with Gasteiger partial charge < -0.3 is 9.32 Å². The number of hydrogen-bond acceptors (Lipinski definition) is 6. The number of aromatic nitrogens is 4. The fraction of sp³-hybridized carbons (Fsp3) is 0.250. The molecule has 0 bridgehead atoms. The third-order valence-corrected chi connectivity index (χ3v) is 5.99. The van der Waals surface area contributed by atoms with Crippen molar-refractivity contribution in [1.82, 2.24) is 24.6 Å². The number of para-hydroxylation sites is 1. The first-order chi connectivity index (χ1) is 15.5. The fourth-order valence-electron chi connectivity index (χ4n) is 3.40. The van der Waals surface area contributed by atoms with E-state index in [0.29, 0.717) is 23.4 Å². The van der Waals surface area contributed by atoms with Gasteiger partial charge in [0.15, 0.2) is 11.0 Å². The van der Waals surface area contributed by atoms with E-state index >= 15 is 0 Å². The molecule has 0 unspecified atom stereocenters. The van der Waals surface area contributed by atoms with Crippen molar-refractivity contribution >= 4 is 17.7 Å². The molecule has 0 radical (unpaired) electrons. The third-order valence-electron chi connectivity index (χ3n) is 5.08. The van der Waals surface area contributed by atoms with Gasteiger partial charge >= 0.3 is 0 Å². The lowest BCUT2D eigenvalue weighted by atomic mass is 10.0. The van der Waals surface area contributed by atoms with Crippen LogP contribution in [0.1, 0.15) is 31.1 Å². The van der Waals surface area contributed by atoms with Crippen molar-refractivity contribution < 1.29 is 9.21 Å². The van der Waals surface area contributed by atoms with Gasteiger partial charge in [0.05, 0.1) is 24.2 Å². The van der Waals surface area contributed by atoms with Gasteiger partial charge in [0.2, 0.25) is 5.91 Å². The van der Waals surface area contributed by atoms with E-state index in [1.165, 1.54) is 17.3 Å². The Morgan fingerprint density at radius 3 is 2.69 bits per heavy atom. The second kappa shape index (κ2) is 9.82. The third kappa shape index (κ3) is 4.75. The summed E-state index contributed by atoms with van der Waals surface area (Å²) in [5.41, 5.74) is 3.05. The van der Waals surface area contributed by atoms with E-state index in [2.05, 4.69) is 41.2 Å². The van der Waals surface area contributed by atoms with Crippen LogP contribution >= 0.6 is 11.8 Å². The zero-order chi connectivity index (χ0) is 22.5. The quantitative estimate of drug-likeness (QED) is 0.361. The smallest absolute Gasteiger partial charge is 0.233 e. The highest BCUT2D eigenvalue weighted by Crippen LogP contribution is 2.32. The molecule has 0 spiro atoms. The molecule has 0 atom stereocenters. The van der Waals surface area contributed by atoms with E-state index in [1.807, 2.05) is 41.0 Å². The first-order valence-electron chi connectivity index (χ1n) is 10.4. The van der Waals surface area contributed by atoms with Crippen molar-refractivity contribution in [2.45, 2.75) is 31.5 Å². The highest BCUT2D eigenvalue weighted by Gasteiger charge is 2.21. The molecule has 1 amide bonds. The Bertz CT molecular complexity index is 1170. The molecular weight excluding hydrogens is 422 g/mol. The molecule has 1 aromatic carbocycles. The Balaban J connectivity index is 1.64. The molecule has 3 aromatic heterocycles. The SMILES string of the molecule is CC(C)c1ccccc1-n1c(SCC(=O)N(C)Cc2ccco2)nnc1-c1cccnc1. The van der Waals surface area contributed by atoms with Crippen LogP contribution in [0.5, 0.6) is 0 Å². The molecule has 8 heteroatoms. The predicted octanol–water partition coefficient (Wildman–Crippen LogP) is 4.80. The van der Waals surface area contributed by atoms with Crippen molar-refractivity contribution in [2.24, 2.45) is 0 Å². The Labute approximate surface area is 191 Å². The van der Waals surface area contributed by atoms with Crippen molar-refractivity contribution in [1.29, 1.82) is 0 Å². The van der Waals surface area contributed by atoms with Gasteiger partial charge in [-0.2, -0.15) is 0 Å². The Hall–Kier alpha value is -3.39. The van der Waals surface area contributed by atoms with E-state index < -0.39 is 0 Å². The number of amides is 1. The summed E-state index contributed by atoms with van der Waals surface area (Å²) in [6, 6.07) is 15.7. The van der Waals surface area contributed by atoms with Gasteiger partial charge in [-0.25, -0.2) is 0 Å². The van der Waals surface area contributed by atoms with Crippen molar-refractivity contribution in [3.63, 3.8) is 0 Å². The number of furan rings is 1. The summed E-state index contributed by atoms with van der Waals surface area (Å²) >= 11 is 1.37. The molecule has 0 saturated carbocycles. The number of benzene rings is 1. The minimum atomic E-state index is -0.0129. The summed E-state index contributed by atoms with van der Waals surface area (Å²) in [4.78, 5) is 18.6. The predicted molar refractivity (Wildman–Crippen MR) is 125 cm³/mol. The van der Waals surface area contributed by atoms with Gasteiger partial charge in [-0.3, -0.25) is 14.3 Å². The summed E-state index contributed by atoms with van der Waals surface area (Å²) in [7, 11) is 1.77. The zero-order valence-corrected chi connectivity index (χ0v) is 19.1. The second-order valence-electron chi connectivity index (χ2n) is 7.71. The van der Waals surface area contributed by atoms with Crippen LogP contribution < -0.4 is 0 Å². The van der Waals surface area contributed by atoms with Crippen LogP contribution in [0.2, 0.25) is 0 Å². The Kier molecular flexibility index (Phi) is 6.70. The number of rotatable bonds is 8. The molecule has 4 aromatic rings. The number of hydrogen-bond donors (Lipinski definition) is 0. The van der Waals surface area contributed by atoms with Crippen LogP contribution in [0.3, 0.4) is 0 Å². The van der Waals surface area contributed by atoms with E-state index in [9.17, 15) is 4.79 Å². The molecule has 0 aliphatic carbocycles. The Morgan fingerprint density at radius 2 is 1.97 bits per heavy atom. The number of carbonyl (C=O) groups excluding carboxylic acids is 1. The van der Waals surface area contributed by atoms with Gasteiger partial charge in [-0.1, -0.05) is 43.8 Å².